The third-order valence-corrected chi connectivity index (χ3v) is 6.49. The van der Waals surface area contributed by atoms with E-state index in [1.54, 1.807) is 0 Å². The minimum absolute atomic E-state index is 0.0209. The third-order valence-electron chi connectivity index (χ3n) is 6.49. The van der Waals surface area contributed by atoms with Crippen molar-refractivity contribution in [3.05, 3.63) is 0 Å². The molecule has 4 aliphatic rings. The maximum absolute atomic E-state index is 12.1. The lowest BCUT2D eigenvalue weighted by Gasteiger charge is -2.21. The number of carbonyl (C=O) groups is 2. The standard InChI is InChI=1S/C19H28O6/c1-18-6-4-12(10-14(18)24-18)16(20)22-8-3-9-23-17(21)13-5-7-19(2)15(11-13)25-19/h12-15H,3-11H2,1-2H3. The van der Waals surface area contributed by atoms with E-state index < -0.39 is 0 Å². The topological polar surface area (TPSA) is 77.7 Å². The Hall–Kier alpha value is -1.14. The van der Waals surface area contributed by atoms with Crippen molar-refractivity contribution in [3.8, 4) is 0 Å². The van der Waals surface area contributed by atoms with E-state index in [9.17, 15) is 9.59 Å². The van der Waals surface area contributed by atoms with Crippen LogP contribution in [-0.4, -0.2) is 48.6 Å². The highest BCUT2D eigenvalue weighted by Crippen LogP contribution is 2.50. The third kappa shape index (κ3) is 3.56. The maximum Gasteiger partial charge on any atom is 0.309 e. The smallest absolute Gasteiger partial charge is 0.309 e. The van der Waals surface area contributed by atoms with Crippen molar-refractivity contribution in [1.29, 1.82) is 0 Å². The van der Waals surface area contributed by atoms with Crippen LogP contribution >= 0.6 is 0 Å². The van der Waals surface area contributed by atoms with Gasteiger partial charge in [0.1, 0.15) is 0 Å². The zero-order valence-corrected chi connectivity index (χ0v) is 15.1. The minimum atomic E-state index is -0.138. The summed E-state index contributed by atoms with van der Waals surface area (Å²) in [5.41, 5.74) is 0.0418. The fourth-order valence-electron chi connectivity index (χ4n) is 4.36. The number of ether oxygens (including phenoxy) is 4. The fraction of sp³-hybridized carbons (Fsp3) is 0.895. The summed E-state index contributed by atoms with van der Waals surface area (Å²) in [5, 5.41) is 0. The summed E-state index contributed by atoms with van der Waals surface area (Å²) < 4.78 is 21.9. The first-order valence-electron chi connectivity index (χ1n) is 9.58. The van der Waals surface area contributed by atoms with Gasteiger partial charge >= 0.3 is 11.9 Å². The van der Waals surface area contributed by atoms with Crippen LogP contribution in [0, 0.1) is 11.8 Å². The molecule has 0 aromatic rings. The van der Waals surface area contributed by atoms with Crippen LogP contribution in [0.4, 0.5) is 0 Å². The summed E-state index contributed by atoms with van der Waals surface area (Å²) >= 11 is 0. The van der Waals surface area contributed by atoms with Crippen LogP contribution in [0.2, 0.25) is 0 Å². The second-order valence-electron chi connectivity index (χ2n) is 8.47. The molecule has 4 rings (SSSR count). The van der Waals surface area contributed by atoms with Gasteiger partial charge in [-0.2, -0.15) is 0 Å². The van der Waals surface area contributed by atoms with Crippen molar-refractivity contribution in [2.45, 2.75) is 82.2 Å². The van der Waals surface area contributed by atoms with Crippen LogP contribution in [0.25, 0.3) is 0 Å². The van der Waals surface area contributed by atoms with Gasteiger partial charge in [0.2, 0.25) is 0 Å². The molecule has 6 nitrogen and oxygen atoms in total. The molecule has 0 amide bonds. The number of carbonyl (C=O) groups excluding carboxylic acids is 2. The van der Waals surface area contributed by atoms with Crippen LogP contribution < -0.4 is 0 Å². The summed E-state index contributed by atoms with van der Waals surface area (Å²) in [7, 11) is 0. The van der Waals surface area contributed by atoms with E-state index >= 15 is 0 Å². The fourth-order valence-corrected chi connectivity index (χ4v) is 4.36. The molecule has 2 heterocycles. The highest BCUT2D eigenvalue weighted by molar-refractivity contribution is 5.73. The molecule has 0 aromatic carbocycles. The lowest BCUT2D eigenvalue weighted by Crippen LogP contribution is -2.29. The molecular weight excluding hydrogens is 324 g/mol. The normalized spacial score (nSPS) is 44.2. The average Bonchev–Trinajstić information content (AvgIpc) is 3.45. The molecule has 6 heteroatoms. The number of rotatable bonds is 6. The van der Waals surface area contributed by atoms with E-state index in [0.29, 0.717) is 19.6 Å². The molecule has 2 saturated heterocycles. The Morgan fingerprint density at radius 3 is 1.72 bits per heavy atom. The molecule has 2 aliphatic carbocycles. The molecule has 0 bridgehead atoms. The highest BCUT2D eigenvalue weighted by atomic mass is 16.6. The zero-order chi connectivity index (χ0) is 17.7. The van der Waals surface area contributed by atoms with Crippen LogP contribution in [0.3, 0.4) is 0 Å². The molecule has 4 fully saturated rings. The molecule has 0 N–H and O–H groups in total. The number of fused-ring (bicyclic) bond motifs is 2. The largest absolute Gasteiger partial charge is 0.465 e. The Kier molecular flexibility index (Phi) is 4.31. The van der Waals surface area contributed by atoms with Gasteiger partial charge in [0.15, 0.2) is 0 Å². The van der Waals surface area contributed by atoms with Crippen molar-refractivity contribution in [2.24, 2.45) is 11.8 Å². The lowest BCUT2D eigenvalue weighted by atomic mass is 9.83. The highest BCUT2D eigenvalue weighted by Gasteiger charge is 2.57. The van der Waals surface area contributed by atoms with Crippen molar-refractivity contribution in [3.63, 3.8) is 0 Å². The Morgan fingerprint density at radius 2 is 1.32 bits per heavy atom. The van der Waals surface area contributed by atoms with Gasteiger partial charge in [-0.25, -0.2) is 0 Å². The first-order chi connectivity index (χ1) is 11.9. The zero-order valence-electron chi connectivity index (χ0n) is 15.1. The van der Waals surface area contributed by atoms with Crippen molar-refractivity contribution < 1.29 is 28.5 Å². The van der Waals surface area contributed by atoms with Crippen LogP contribution in [0.1, 0.15) is 58.8 Å². The Balaban J connectivity index is 1.08. The van der Waals surface area contributed by atoms with Gasteiger partial charge in [0.05, 0.1) is 48.5 Å². The van der Waals surface area contributed by atoms with Crippen molar-refractivity contribution in [1.82, 2.24) is 0 Å². The molecule has 2 aliphatic heterocycles. The molecule has 6 unspecified atom stereocenters. The molecule has 2 saturated carbocycles. The van der Waals surface area contributed by atoms with Gasteiger partial charge < -0.3 is 18.9 Å². The second kappa shape index (κ2) is 6.23. The summed E-state index contributed by atoms with van der Waals surface area (Å²) in [4.78, 5) is 24.2. The Labute approximate surface area is 148 Å². The maximum atomic E-state index is 12.1. The Bertz CT molecular complexity index is 514. The van der Waals surface area contributed by atoms with Crippen molar-refractivity contribution in [2.75, 3.05) is 13.2 Å². The number of esters is 2. The number of epoxide rings is 2. The van der Waals surface area contributed by atoms with Gasteiger partial charge in [-0.15, -0.1) is 0 Å². The van der Waals surface area contributed by atoms with E-state index in [4.69, 9.17) is 18.9 Å². The molecule has 0 spiro atoms. The van der Waals surface area contributed by atoms with Crippen LogP contribution in [-0.2, 0) is 28.5 Å². The van der Waals surface area contributed by atoms with E-state index in [-0.39, 0.29) is 47.2 Å². The first kappa shape index (κ1) is 17.3. The minimum Gasteiger partial charge on any atom is -0.465 e. The second-order valence-corrected chi connectivity index (χ2v) is 8.47. The van der Waals surface area contributed by atoms with E-state index in [0.717, 1.165) is 38.5 Å². The van der Waals surface area contributed by atoms with E-state index in [1.165, 1.54) is 0 Å². The molecular formula is C19H28O6. The van der Waals surface area contributed by atoms with Crippen LogP contribution in [0.15, 0.2) is 0 Å². The predicted molar refractivity (Wildman–Crippen MR) is 87.8 cm³/mol. The van der Waals surface area contributed by atoms with Crippen molar-refractivity contribution >= 4 is 11.9 Å². The quantitative estimate of drug-likeness (QED) is 0.415. The number of hydrogen-bond donors (Lipinski definition) is 0. The summed E-state index contributed by atoms with van der Waals surface area (Å²) in [6.07, 6.45) is 6.09. The average molecular weight is 352 g/mol. The Morgan fingerprint density at radius 1 is 0.880 bits per heavy atom. The lowest BCUT2D eigenvalue weighted by molar-refractivity contribution is -0.152. The van der Waals surface area contributed by atoms with E-state index in [2.05, 4.69) is 13.8 Å². The number of hydrogen-bond acceptors (Lipinski definition) is 6. The van der Waals surface area contributed by atoms with Gasteiger partial charge in [0.25, 0.3) is 0 Å². The molecule has 25 heavy (non-hydrogen) atoms. The SMILES string of the molecule is CC12CCC(C(=O)OCCCOC(=O)C3CCC4(C)OC4C3)CC1O2. The first-order valence-corrected chi connectivity index (χ1v) is 9.58. The summed E-state index contributed by atoms with van der Waals surface area (Å²) in [5.74, 6) is -0.362. The summed E-state index contributed by atoms with van der Waals surface area (Å²) in [6.45, 7) is 4.82. The predicted octanol–water partition coefficient (Wildman–Crippen LogP) is 2.38. The molecule has 0 aromatic heterocycles. The monoisotopic (exact) mass is 352 g/mol. The molecule has 140 valence electrons. The van der Waals surface area contributed by atoms with Gasteiger partial charge in [-0.05, 0) is 52.4 Å². The molecule has 6 atom stereocenters. The van der Waals surface area contributed by atoms with Crippen LogP contribution in [0.5, 0.6) is 0 Å². The van der Waals surface area contributed by atoms with Gasteiger partial charge in [0, 0.05) is 6.42 Å². The summed E-state index contributed by atoms with van der Waals surface area (Å²) in [6, 6.07) is 0. The van der Waals surface area contributed by atoms with Gasteiger partial charge in [-0.1, -0.05) is 0 Å². The van der Waals surface area contributed by atoms with E-state index in [1.807, 2.05) is 0 Å². The van der Waals surface area contributed by atoms with Gasteiger partial charge in [-0.3, -0.25) is 9.59 Å². The molecule has 0 radical (unpaired) electrons.